The summed E-state index contributed by atoms with van der Waals surface area (Å²) >= 11 is 0. The first-order valence-electron chi connectivity index (χ1n) is 8.52. The molecule has 2 aliphatic rings. The van der Waals surface area contributed by atoms with E-state index < -0.39 is 10.0 Å². The van der Waals surface area contributed by atoms with Gasteiger partial charge < -0.3 is 9.47 Å². The lowest BCUT2D eigenvalue weighted by molar-refractivity contribution is 0.174. The summed E-state index contributed by atoms with van der Waals surface area (Å²) < 4.78 is 38.4. The molecular weight excluding hydrogens is 356 g/mol. The molecule has 0 aliphatic carbocycles. The van der Waals surface area contributed by atoms with Crippen molar-refractivity contribution in [3.8, 4) is 11.5 Å². The highest BCUT2D eigenvalue weighted by molar-refractivity contribution is 7.88. The number of hydrogen-bond donors (Lipinski definition) is 1. The van der Waals surface area contributed by atoms with Gasteiger partial charge in [0.15, 0.2) is 11.5 Å². The molecule has 0 spiro atoms. The van der Waals surface area contributed by atoms with Crippen molar-refractivity contribution in [1.82, 2.24) is 19.4 Å². The number of aromatic nitrogens is 2. The van der Waals surface area contributed by atoms with E-state index in [1.54, 1.807) is 6.20 Å². The van der Waals surface area contributed by atoms with Gasteiger partial charge in [-0.1, -0.05) is 6.07 Å². The molecule has 4 rings (SSSR count). The fraction of sp³-hybridized carbons (Fsp3) is 0.471. The minimum Gasteiger partial charge on any atom is -0.454 e. The molecule has 1 atom stereocenters. The van der Waals surface area contributed by atoms with Crippen molar-refractivity contribution in [3.05, 3.63) is 41.7 Å². The van der Waals surface area contributed by atoms with E-state index in [0.717, 1.165) is 42.4 Å². The topological polar surface area (TPSA) is 85.7 Å². The van der Waals surface area contributed by atoms with Gasteiger partial charge in [0.1, 0.15) is 0 Å². The number of hydrogen-bond acceptors (Lipinski definition) is 6. The Kier molecular flexibility index (Phi) is 4.60. The molecule has 0 saturated heterocycles. The second-order valence-electron chi connectivity index (χ2n) is 6.85. The number of nitrogens with zero attached hydrogens (tertiary/aromatic N) is 3. The number of ether oxygens (including phenoxy) is 2. The van der Waals surface area contributed by atoms with Gasteiger partial charge in [-0.15, -0.1) is 0 Å². The Labute approximate surface area is 152 Å². The Morgan fingerprint density at radius 2 is 2.08 bits per heavy atom. The Morgan fingerprint density at radius 3 is 2.92 bits per heavy atom. The molecule has 8 nitrogen and oxygen atoms in total. The molecule has 0 saturated carbocycles. The summed E-state index contributed by atoms with van der Waals surface area (Å²) in [7, 11) is -3.21. The van der Waals surface area contributed by atoms with Crippen LogP contribution < -0.4 is 14.2 Å². The summed E-state index contributed by atoms with van der Waals surface area (Å²) in [5.41, 5.74) is 2.27. The van der Waals surface area contributed by atoms with Gasteiger partial charge in [-0.25, -0.2) is 13.1 Å². The highest BCUT2D eigenvalue weighted by atomic mass is 32.2. The lowest BCUT2D eigenvalue weighted by Crippen LogP contribution is -2.36. The van der Waals surface area contributed by atoms with Crippen LogP contribution in [0.1, 0.15) is 11.3 Å². The molecule has 0 radical (unpaired) electrons. The Morgan fingerprint density at radius 1 is 1.23 bits per heavy atom. The predicted octanol–water partition coefficient (Wildman–Crippen LogP) is 0.793. The van der Waals surface area contributed by atoms with Gasteiger partial charge in [-0.05, 0) is 23.8 Å². The van der Waals surface area contributed by atoms with Crippen LogP contribution in [-0.2, 0) is 29.7 Å². The van der Waals surface area contributed by atoms with Crippen LogP contribution in [0.3, 0.4) is 0 Å². The van der Waals surface area contributed by atoms with E-state index in [0.29, 0.717) is 13.1 Å². The molecule has 0 amide bonds. The molecule has 2 aliphatic heterocycles. The number of sulfonamides is 1. The summed E-state index contributed by atoms with van der Waals surface area (Å²) in [5, 5.41) is 4.38. The second-order valence-corrected chi connectivity index (χ2v) is 8.68. The minimum atomic E-state index is -3.21. The molecule has 2 aromatic rings. The van der Waals surface area contributed by atoms with Crippen LogP contribution in [0.25, 0.3) is 0 Å². The van der Waals surface area contributed by atoms with Gasteiger partial charge in [0, 0.05) is 44.8 Å². The first kappa shape index (κ1) is 17.3. The standard InChI is InChI=1S/C17H22N4O4S/c1-26(22,23)19-7-14-9-20(11-15-4-5-18-21(15)10-14)8-13-2-3-16-17(6-13)25-12-24-16/h2-6,14,19H,7-12H2,1H3. The van der Waals surface area contributed by atoms with Crippen molar-refractivity contribution in [2.45, 2.75) is 19.6 Å². The summed E-state index contributed by atoms with van der Waals surface area (Å²) in [5.74, 6) is 1.69. The number of nitrogens with one attached hydrogen (secondary N) is 1. The molecule has 1 aromatic heterocycles. The minimum absolute atomic E-state index is 0.139. The van der Waals surface area contributed by atoms with E-state index >= 15 is 0 Å². The quantitative estimate of drug-likeness (QED) is 0.828. The molecule has 3 heterocycles. The summed E-state index contributed by atoms with van der Waals surface area (Å²) in [6.45, 7) is 3.65. The SMILES string of the molecule is CS(=O)(=O)NCC1CN(Cc2ccc3c(c2)OCO3)Cc2ccnn2C1. The van der Waals surface area contributed by atoms with E-state index in [1.165, 1.54) is 6.26 Å². The highest BCUT2D eigenvalue weighted by Gasteiger charge is 2.24. The van der Waals surface area contributed by atoms with Gasteiger partial charge in [0.05, 0.1) is 11.9 Å². The van der Waals surface area contributed by atoms with Gasteiger partial charge in [-0.3, -0.25) is 9.58 Å². The first-order chi connectivity index (χ1) is 12.5. The van der Waals surface area contributed by atoms with Crippen LogP contribution in [-0.4, -0.2) is 49.2 Å². The van der Waals surface area contributed by atoms with E-state index in [2.05, 4.69) is 14.7 Å². The molecular formula is C17H22N4O4S. The number of fused-ring (bicyclic) bond motifs is 2. The molecule has 0 bridgehead atoms. The fourth-order valence-corrected chi connectivity index (χ4v) is 3.97. The Balaban J connectivity index is 1.51. The maximum Gasteiger partial charge on any atom is 0.231 e. The van der Waals surface area contributed by atoms with E-state index in [4.69, 9.17) is 9.47 Å². The van der Waals surface area contributed by atoms with Crippen LogP contribution in [0.2, 0.25) is 0 Å². The lowest BCUT2D eigenvalue weighted by atomic mass is 10.1. The average molecular weight is 378 g/mol. The second kappa shape index (κ2) is 6.90. The van der Waals surface area contributed by atoms with Crippen LogP contribution in [0.15, 0.2) is 30.5 Å². The van der Waals surface area contributed by atoms with Crippen molar-refractivity contribution in [2.75, 3.05) is 26.1 Å². The average Bonchev–Trinajstić information content (AvgIpc) is 3.18. The first-order valence-corrected chi connectivity index (χ1v) is 10.4. The van der Waals surface area contributed by atoms with Crippen molar-refractivity contribution in [3.63, 3.8) is 0 Å². The fourth-order valence-electron chi connectivity index (χ4n) is 3.44. The van der Waals surface area contributed by atoms with Gasteiger partial charge >= 0.3 is 0 Å². The van der Waals surface area contributed by atoms with Gasteiger partial charge in [0.2, 0.25) is 16.8 Å². The van der Waals surface area contributed by atoms with Crippen molar-refractivity contribution in [2.24, 2.45) is 5.92 Å². The Hall–Kier alpha value is -2.10. The molecule has 140 valence electrons. The predicted molar refractivity (Wildman–Crippen MR) is 95.2 cm³/mol. The molecule has 1 N–H and O–H groups in total. The van der Waals surface area contributed by atoms with Gasteiger partial charge in [-0.2, -0.15) is 5.10 Å². The van der Waals surface area contributed by atoms with Crippen LogP contribution in [0.4, 0.5) is 0 Å². The van der Waals surface area contributed by atoms with Crippen molar-refractivity contribution < 1.29 is 17.9 Å². The molecule has 1 unspecified atom stereocenters. The third kappa shape index (κ3) is 4.00. The smallest absolute Gasteiger partial charge is 0.231 e. The monoisotopic (exact) mass is 378 g/mol. The van der Waals surface area contributed by atoms with E-state index in [-0.39, 0.29) is 12.7 Å². The van der Waals surface area contributed by atoms with Crippen LogP contribution in [0, 0.1) is 5.92 Å². The van der Waals surface area contributed by atoms with Crippen LogP contribution in [0.5, 0.6) is 11.5 Å². The molecule has 9 heteroatoms. The van der Waals surface area contributed by atoms with E-state index in [1.807, 2.05) is 28.9 Å². The van der Waals surface area contributed by atoms with Gasteiger partial charge in [0.25, 0.3) is 0 Å². The summed E-state index contributed by atoms with van der Waals surface area (Å²) in [6, 6.07) is 8.00. The number of rotatable bonds is 5. The maximum atomic E-state index is 11.5. The zero-order valence-corrected chi connectivity index (χ0v) is 15.4. The largest absolute Gasteiger partial charge is 0.454 e. The highest BCUT2D eigenvalue weighted by Crippen LogP contribution is 2.33. The van der Waals surface area contributed by atoms with E-state index in [9.17, 15) is 8.42 Å². The van der Waals surface area contributed by atoms with Crippen molar-refractivity contribution in [1.29, 1.82) is 0 Å². The van der Waals surface area contributed by atoms with Crippen LogP contribution >= 0.6 is 0 Å². The third-order valence-electron chi connectivity index (χ3n) is 4.62. The molecule has 1 aromatic carbocycles. The zero-order chi connectivity index (χ0) is 18.1. The molecule has 26 heavy (non-hydrogen) atoms. The molecule has 0 fully saturated rings. The van der Waals surface area contributed by atoms with Crippen molar-refractivity contribution >= 4 is 10.0 Å². The lowest BCUT2D eigenvalue weighted by Gasteiger charge is -2.24. The third-order valence-corrected chi connectivity index (χ3v) is 5.31. The normalized spacial score (nSPS) is 20.0. The zero-order valence-electron chi connectivity index (χ0n) is 14.6. The Bertz CT molecular complexity index is 896. The summed E-state index contributed by atoms with van der Waals surface area (Å²) in [6.07, 6.45) is 2.98. The summed E-state index contributed by atoms with van der Waals surface area (Å²) in [4.78, 5) is 2.31. The maximum absolute atomic E-state index is 11.5. The number of benzene rings is 1.